The summed E-state index contributed by atoms with van der Waals surface area (Å²) in [7, 11) is 0. The predicted octanol–water partition coefficient (Wildman–Crippen LogP) is 4.39. The lowest BCUT2D eigenvalue weighted by molar-refractivity contribution is 0.217. The van der Waals surface area contributed by atoms with E-state index >= 15 is 0 Å². The van der Waals surface area contributed by atoms with E-state index in [1.807, 2.05) is 42.5 Å². The Hall–Kier alpha value is -1.61. The number of aliphatic hydroxyl groups is 1. The van der Waals surface area contributed by atoms with E-state index in [0.717, 1.165) is 16.3 Å². The molecule has 4 heteroatoms. The summed E-state index contributed by atoms with van der Waals surface area (Å²) in [4.78, 5) is 4.32. The van der Waals surface area contributed by atoms with Crippen LogP contribution in [0.25, 0.3) is 10.8 Å². The molecule has 1 heterocycles. The van der Waals surface area contributed by atoms with Crippen LogP contribution in [0.1, 0.15) is 17.4 Å². The molecular formula is C16H13Cl2NO. The zero-order valence-corrected chi connectivity index (χ0v) is 12.1. The molecule has 0 aliphatic heterocycles. The fourth-order valence-corrected chi connectivity index (χ4v) is 2.39. The van der Waals surface area contributed by atoms with Crippen LogP contribution in [-0.2, 0) is 0 Å². The molecule has 0 spiro atoms. The van der Waals surface area contributed by atoms with Gasteiger partial charge in [0.15, 0.2) is 0 Å². The van der Waals surface area contributed by atoms with Crippen molar-refractivity contribution in [2.45, 2.75) is 6.10 Å². The fraction of sp³-hybridized carbons (Fsp3) is 0.0625. The molecule has 1 aromatic heterocycles. The second-order valence-corrected chi connectivity index (χ2v) is 4.81. The van der Waals surface area contributed by atoms with Crippen molar-refractivity contribution in [3.8, 4) is 0 Å². The molecule has 2 nitrogen and oxygen atoms in total. The van der Waals surface area contributed by atoms with Gasteiger partial charge in [0.05, 0.1) is 5.69 Å². The number of pyridine rings is 1. The molecule has 2 aromatic carbocycles. The number of hydrogen-bond donors (Lipinski definition) is 1. The summed E-state index contributed by atoms with van der Waals surface area (Å²) in [6.45, 7) is 0. The third-order valence-corrected chi connectivity index (χ3v) is 3.36. The lowest BCUT2D eigenvalue weighted by atomic mass is 10.0. The number of benzene rings is 2. The highest BCUT2D eigenvalue weighted by Gasteiger charge is 2.15. The molecule has 0 saturated heterocycles. The van der Waals surface area contributed by atoms with Gasteiger partial charge in [0.25, 0.3) is 0 Å². The van der Waals surface area contributed by atoms with Gasteiger partial charge in [0.1, 0.15) is 6.10 Å². The monoisotopic (exact) mass is 305 g/mol. The first-order valence-corrected chi connectivity index (χ1v) is 6.41. The van der Waals surface area contributed by atoms with Crippen LogP contribution in [0.2, 0.25) is 5.02 Å². The summed E-state index contributed by atoms with van der Waals surface area (Å²) in [5.74, 6) is 0. The average Bonchev–Trinajstić information content (AvgIpc) is 2.46. The second kappa shape index (κ2) is 6.23. The van der Waals surface area contributed by atoms with Crippen LogP contribution >= 0.6 is 24.0 Å². The van der Waals surface area contributed by atoms with E-state index in [9.17, 15) is 5.11 Å². The summed E-state index contributed by atoms with van der Waals surface area (Å²) in [5, 5.41) is 13.1. The number of fused-ring (bicyclic) bond motifs is 1. The maximum absolute atomic E-state index is 10.5. The summed E-state index contributed by atoms with van der Waals surface area (Å²) < 4.78 is 0. The van der Waals surface area contributed by atoms with E-state index in [0.29, 0.717) is 10.7 Å². The van der Waals surface area contributed by atoms with Gasteiger partial charge in [-0.25, -0.2) is 0 Å². The second-order valence-electron chi connectivity index (χ2n) is 4.37. The topological polar surface area (TPSA) is 33.1 Å². The molecule has 102 valence electrons. The number of hydrogen-bond acceptors (Lipinski definition) is 2. The maximum Gasteiger partial charge on any atom is 0.122 e. The third kappa shape index (κ3) is 2.78. The van der Waals surface area contributed by atoms with Crippen LogP contribution in [0.3, 0.4) is 0 Å². The van der Waals surface area contributed by atoms with Crippen LogP contribution in [0.4, 0.5) is 0 Å². The van der Waals surface area contributed by atoms with Gasteiger partial charge in [-0.3, -0.25) is 4.98 Å². The van der Waals surface area contributed by atoms with Crippen LogP contribution in [0, 0.1) is 0 Å². The van der Waals surface area contributed by atoms with Crippen LogP contribution in [0.15, 0.2) is 60.8 Å². The van der Waals surface area contributed by atoms with Crippen LogP contribution in [-0.4, -0.2) is 10.1 Å². The minimum atomic E-state index is -0.773. The number of aliphatic hydroxyl groups excluding tert-OH is 1. The SMILES string of the molecule is Cl.OC(c1cccc(Cl)c1)c1nccc2ccccc12. The Labute approximate surface area is 128 Å². The minimum absolute atomic E-state index is 0. The van der Waals surface area contributed by atoms with Gasteiger partial charge in [-0.2, -0.15) is 0 Å². The molecule has 1 atom stereocenters. The molecule has 3 rings (SSSR count). The smallest absolute Gasteiger partial charge is 0.122 e. The van der Waals surface area contributed by atoms with Gasteiger partial charge < -0.3 is 5.11 Å². The molecule has 0 radical (unpaired) electrons. The van der Waals surface area contributed by atoms with Gasteiger partial charge in [0.2, 0.25) is 0 Å². The Morgan fingerprint density at radius 2 is 1.80 bits per heavy atom. The van der Waals surface area contributed by atoms with Crippen molar-refractivity contribution in [3.05, 3.63) is 77.1 Å². The molecule has 0 aliphatic carbocycles. The molecule has 0 saturated carbocycles. The molecule has 3 aromatic rings. The summed E-state index contributed by atoms with van der Waals surface area (Å²) in [6.07, 6.45) is 0.940. The number of halogens is 2. The average molecular weight is 306 g/mol. The van der Waals surface area contributed by atoms with Gasteiger partial charge in [0, 0.05) is 16.6 Å². The molecule has 0 bridgehead atoms. The maximum atomic E-state index is 10.5. The number of aromatic nitrogens is 1. The lowest BCUT2D eigenvalue weighted by Crippen LogP contribution is -2.03. The number of nitrogens with zero attached hydrogens (tertiary/aromatic N) is 1. The Kier molecular flexibility index (Phi) is 4.61. The normalized spacial score (nSPS) is 11.9. The summed E-state index contributed by atoms with van der Waals surface area (Å²) in [5.41, 5.74) is 1.40. The first-order chi connectivity index (χ1) is 9.25. The molecule has 0 aliphatic rings. The Balaban J connectivity index is 0.00000147. The highest BCUT2D eigenvalue weighted by molar-refractivity contribution is 6.30. The zero-order chi connectivity index (χ0) is 13.2. The lowest BCUT2D eigenvalue weighted by Gasteiger charge is -2.13. The Morgan fingerprint density at radius 1 is 1.00 bits per heavy atom. The van der Waals surface area contributed by atoms with Crippen LogP contribution < -0.4 is 0 Å². The van der Waals surface area contributed by atoms with Crippen molar-refractivity contribution >= 4 is 34.8 Å². The molecule has 0 amide bonds. The molecular weight excluding hydrogens is 293 g/mol. The highest BCUT2D eigenvalue weighted by atomic mass is 35.5. The van der Waals surface area contributed by atoms with Crippen molar-refractivity contribution in [1.82, 2.24) is 4.98 Å². The first kappa shape index (κ1) is 14.8. The van der Waals surface area contributed by atoms with Crippen molar-refractivity contribution in [3.63, 3.8) is 0 Å². The van der Waals surface area contributed by atoms with Crippen molar-refractivity contribution in [1.29, 1.82) is 0 Å². The third-order valence-electron chi connectivity index (χ3n) is 3.13. The first-order valence-electron chi connectivity index (χ1n) is 6.03. The molecule has 20 heavy (non-hydrogen) atoms. The van der Waals surface area contributed by atoms with E-state index in [-0.39, 0.29) is 12.4 Å². The minimum Gasteiger partial charge on any atom is -0.382 e. The van der Waals surface area contributed by atoms with Gasteiger partial charge in [-0.15, -0.1) is 12.4 Å². The van der Waals surface area contributed by atoms with Crippen molar-refractivity contribution in [2.24, 2.45) is 0 Å². The molecule has 0 fully saturated rings. The standard InChI is InChI=1S/C16H12ClNO.ClH/c17-13-6-3-5-12(10-13)16(19)15-14-7-2-1-4-11(14)8-9-18-15;/h1-10,16,19H;1H. The zero-order valence-electron chi connectivity index (χ0n) is 10.5. The van der Waals surface area contributed by atoms with E-state index in [4.69, 9.17) is 11.6 Å². The van der Waals surface area contributed by atoms with Gasteiger partial charge in [-0.1, -0.05) is 48.0 Å². The van der Waals surface area contributed by atoms with Crippen molar-refractivity contribution < 1.29 is 5.11 Å². The number of rotatable bonds is 2. The van der Waals surface area contributed by atoms with E-state index in [1.165, 1.54) is 0 Å². The van der Waals surface area contributed by atoms with Gasteiger partial charge >= 0.3 is 0 Å². The van der Waals surface area contributed by atoms with E-state index in [1.54, 1.807) is 18.3 Å². The largest absolute Gasteiger partial charge is 0.382 e. The summed E-state index contributed by atoms with van der Waals surface area (Å²) >= 11 is 5.96. The van der Waals surface area contributed by atoms with E-state index < -0.39 is 6.10 Å². The fourth-order valence-electron chi connectivity index (χ4n) is 2.20. The molecule has 1 N–H and O–H groups in total. The van der Waals surface area contributed by atoms with Crippen molar-refractivity contribution in [2.75, 3.05) is 0 Å². The van der Waals surface area contributed by atoms with Crippen LogP contribution in [0.5, 0.6) is 0 Å². The van der Waals surface area contributed by atoms with E-state index in [2.05, 4.69) is 4.98 Å². The highest BCUT2D eigenvalue weighted by Crippen LogP contribution is 2.28. The quantitative estimate of drug-likeness (QED) is 0.761. The molecule has 1 unspecified atom stereocenters. The van der Waals surface area contributed by atoms with Gasteiger partial charge in [-0.05, 0) is 29.1 Å². The Bertz CT molecular complexity index is 725. The Morgan fingerprint density at radius 3 is 2.60 bits per heavy atom. The predicted molar refractivity (Wildman–Crippen MR) is 84.5 cm³/mol. The summed E-state index contributed by atoms with van der Waals surface area (Å²) in [6, 6.07) is 17.0.